The number of aromatic carboxylic acids is 1. The molecule has 3 N–H and O–H groups in total. The molecule has 0 aliphatic heterocycles. The molecule has 1 aromatic rings. The molecule has 0 aliphatic carbocycles. The monoisotopic (exact) mass is 313 g/mol. The van der Waals surface area contributed by atoms with Gasteiger partial charge >= 0.3 is 12.0 Å². The average molecular weight is 314 g/mol. The number of anilines is 1. The maximum absolute atomic E-state index is 11.6. The van der Waals surface area contributed by atoms with Gasteiger partial charge in [0.05, 0.1) is 22.8 Å². The Kier molecular flexibility index (Phi) is 5.98. The first-order chi connectivity index (χ1) is 9.85. The predicted molar refractivity (Wildman–Crippen MR) is 78.7 cm³/mol. The standard InChI is InChI=1S/C13H16ClN3O4/c1-3-17(2)11(18)7-15-13(21)16-10-5-4-8(12(19)20)6-9(10)14/h4-6H,3,7H2,1-2H3,(H,19,20)(H2,15,16,21). The lowest BCUT2D eigenvalue weighted by atomic mass is 10.2. The molecule has 0 atom stereocenters. The molecule has 7 nitrogen and oxygen atoms in total. The lowest BCUT2D eigenvalue weighted by molar-refractivity contribution is -0.128. The highest BCUT2D eigenvalue weighted by atomic mass is 35.5. The fraction of sp³-hybridized carbons (Fsp3) is 0.308. The molecule has 0 saturated heterocycles. The summed E-state index contributed by atoms with van der Waals surface area (Å²) in [4.78, 5) is 35.4. The highest BCUT2D eigenvalue weighted by Gasteiger charge is 2.11. The van der Waals surface area contributed by atoms with Gasteiger partial charge in [0, 0.05) is 13.6 Å². The fourth-order valence-corrected chi connectivity index (χ4v) is 1.61. The van der Waals surface area contributed by atoms with E-state index in [2.05, 4.69) is 10.6 Å². The third kappa shape index (κ3) is 4.96. The number of carbonyl (C=O) groups is 3. The first-order valence-electron chi connectivity index (χ1n) is 6.16. The lowest BCUT2D eigenvalue weighted by Gasteiger charge is -2.15. The van der Waals surface area contributed by atoms with E-state index in [1.54, 1.807) is 7.05 Å². The van der Waals surface area contributed by atoms with Crippen LogP contribution >= 0.6 is 11.6 Å². The van der Waals surface area contributed by atoms with Crippen LogP contribution in [0.25, 0.3) is 0 Å². The van der Waals surface area contributed by atoms with Crippen LogP contribution in [0, 0.1) is 0 Å². The molecular weight excluding hydrogens is 298 g/mol. The van der Waals surface area contributed by atoms with E-state index in [9.17, 15) is 14.4 Å². The second-order valence-electron chi connectivity index (χ2n) is 4.22. The zero-order valence-electron chi connectivity index (χ0n) is 11.6. The summed E-state index contributed by atoms with van der Waals surface area (Å²) in [5.41, 5.74) is 0.279. The molecule has 0 spiro atoms. The Bertz CT molecular complexity index is 562. The second kappa shape index (κ2) is 7.49. The zero-order valence-corrected chi connectivity index (χ0v) is 12.4. The third-order valence-electron chi connectivity index (χ3n) is 2.76. The molecule has 0 bridgehead atoms. The Balaban J connectivity index is 2.59. The SMILES string of the molecule is CCN(C)C(=O)CNC(=O)Nc1ccc(C(=O)O)cc1Cl. The minimum absolute atomic E-state index is 0.0192. The van der Waals surface area contributed by atoms with E-state index in [0.717, 1.165) is 0 Å². The van der Waals surface area contributed by atoms with Gasteiger partial charge in [-0.15, -0.1) is 0 Å². The fourth-order valence-electron chi connectivity index (χ4n) is 1.38. The largest absolute Gasteiger partial charge is 0.478 e. The summed E-state index contributed by atoms with van der Waals surface area (Å²) < 4.78 is 0. The number of carboxylic acids is 1. The Morgan fingerprint density at radius 3 is 2.52 bits per heavy atom. The van der Waals surface area contributed by atoms with Gasteiger partial charge in [0.15, 0.2) is 0 Å². The van der Waals surface area contributed by atoms with Crippen molar-refractivity contribution in [1.82, 2.24) is 10.2 Å². The lowest BCUT2D eigenvalue weighted by Crippen LogP contribution is -2.39. The van der Waals surface area contributed by atoms with Gasteiger partial charge in [0.2, 0.25) is 5.91 Å². The number of rotatable bonds is 5. The molecule has 0 heterocycles. The van der Waals surface area contributed by atoms with E-state index in [1.165, 1.54) is 23.1 Å². The molecule has 3 amide bonds. The second-order valence-corrected chi connectivity index (χ2v) is 4.62. The van der Waals surface area contributed by atoms with Crippen LogP contribution in [-0.4, -0.2) is 48.1 Å². The summed E-state index contributed by atoms with van der Waals surface area (Å²) >= 11 is 5.87. The summed E-state index contributed by atoms with van der Waals surface area (Å²) in [5.74, 6) is -1.33. The van der Waals surface area contributed by atoms with Crippen LogP contribution in [0.4, 0.5) is 10.5 Å². The van der Waals surface area contributed by atoms with Crippen molar-refractivity contribution in [1.29, 1.82) is 0 Å². The Hall–Kier alpha value is -2.28. The van der Waals surface area contributed by atoms with Gasteiger partial charge in [-0.25, -0.2) is 9.59 Å². The van der Waals surface area contributed by atoms with Gasteiger partial charge in [-0.1, -0.05) is 11.6 Å². The van der Waals surface area contributed by atoms with Crippen molar-refractivity contribution in [3.8, 4) is 0 Å². The minimum atomic E-state index is -1.11. The normalized spacial score (nSPS) is 9.86. The van der Waals surface area contributed by atoms with Crippen LogP contribution in [0.5, 0.6) is 0 Å². The van der Waals surface area contributed by atoms with Gasteiger partial charge < -0.3 is 20.6 Å². The number of likely N-dealkylation sites (N-methyl/N-ethyl adjacent to an activating group) is 1. The predicted octanol–water partition coefficient (Wildman–Crippen LogP) is 1.64. The molecule has 0 aliphatic rings. The summed E-state index contributed by atoms with van der Waals surface area (Å²) in [6.07, 6.45) is 0. The van der Waals surface area contributed by atoms with E-state index in [-0.39, 0.29) is 28.7 Å². The summed E-state index contributed by atoms with van der Waals surface area (Å²) in [7, 11) is 1.63. The number of amides is 3. The number of nitrogens with one attached hydrogen (secondary N) is 2. The average Bonchev–Trinajstić information content (AvgIpc) is 2.45. The third-order valence-corrected chi connectivity index (χ3v) is 3.08. The highest BCUT2D eigenvalue weighted by Crippen LogP contribution is 2.22. The molecule has 0 fully saturated rings. The molecule has 1 rings (SSSR count). The number of hydrogen-bond acceptors (Lipinski definition) is 3. The molecular formula is C13H16ClN3O4. The molecule has 0 unspecified atom stereocenters. The van der Waals surface area contributed by atoms with Crippen molar-refractivity contribution >= 4 is 35.2 Å². The maximum Gasteiger partial charge on any atom is 0.335 e. The Morgan fingerprint density at radius 1 is 1.33 bits per heavy atom. The van der Waals surface area contributed by atoms with Crippen LogP contribution < -0.4 is 10.6 Å². The highest BCUT2D eigenvalue weighted by molar-refractivity contribution is 6.34. The summed E-state index contributed by atoms with van der Waals surface area (Å²) in [6.45, 7) is 2.23. The first kappa shape index (κ1) is 16.8. The molecule has 0 radical (unpaired) electrons. The smallest absolute Gasteiger partial charge is 0.335 e. The molecule has 1 aromatic carbocycles. The number of hydrogen-bond donors (Lipinski definition) is 3. The quantitative estimate of drug-likeness (QED) is 0.769. The molecule has 0 saturated carbocycles. The van der Waals surface area contributed by atoms with E-state index >= 15 is 0 Å². The Morgan fingerprint density at radius 2 is 2.00 bits per heavy atom. The van der Waals surface area contributed by atoms with E-state index in [1.807, 2.05) is 6.92 Å². The van der Waals surface area contributed by atoms with E-state index in [0.29, 0.717) is 6.54 Å². The van der Waals surface area contributed by atoms with Crippen LogP contribution in [0.1, 0.15) is 17.3 Å². The van der Waals surface area contributed by atoms with Gasteiger partial charge in [-0.3, -0.25) is 4.79 Å². The first-order valence-corrected chi connectivity index (χ1v) is 6.54. The summed E-state index contributed by atoms with van der Waals surface area (Å²) in [5, 5.41) is 13.7. The van der Waals surface area contributed by atoms with E-state index in [4.69, 9.17) is 16.7 Å². The van der Waals surface area contributed by atoms with Crippen molar-refractivity contribution in [2.75, 3.05) is 25.5 Å². The van der Waals surface area contributed by atoms with Gasteiger partial charge in [0.25, 0.3) is 0 Å². The van der Waals surface area contributed by atoms with Crippen LogP contribution in [0.15, 0.2) is 18.2 Å². The summed E-state index contributed by atoms with van der Waals surface area (Å²) in [6, 6.07) is 3.33. The maximum atomic E-state index is 11.6. The molecule has 114 valence electrons. The van der Waals surface area contributed by atoms with Crippen molar-refractivity contribution < 1.29 is 19.5 Å². The number of carboxylic acid groups (broad SMARTS) is 1. The molecule has 0 aromatic heterocycles. The minimum Gasteiger partial charge on any atom is -0.478 e. The molecule has 21 heavy (non-hydrogen) atoms. The van der Waals surface area contributed by atoms with Gasteiger partial charge in [-0.2, -0.15) is 0 Å². The van der Waals surface area contributed by atoms with Crippen LogP contribution in [0.2, 0.25) is 5.02 Å². The number of nitrogens with zero attached hydrogens (tertiary/aromatic N) is 1. The van der Waals surface area contributed by atoms with Crippen LogP contribution in [0.3, 0.4) is 0 Å². The van der Waals surface area contributed by atoms with Crippen LogP contribution in [-0.2, 0) is 4.79 Å². The van der Waals surface area contributed by atoms with Gasteiger partial charge in [-0.05, 0) is 25.1 Å². The van der Waals surface area contributed by atoms with Crippen molar-refractivity contribution in [2.24, 2.45) is 0 Å². The zero-order chi connectivity index (χ0) is 16.0. The number of urea groups is 1. The van der Waals surface area contributed by atoms with E-state index < -0.39 is 12.0 Å². The molecule has 8 heteroatoms. The van der Waals surface area contributed by atoms with Gasteiger partial charge in [0.1, 0.15) is 0 Å². The van der Waals surface area contributed by atoms with Crippen molar-refractivity contribution in [3.05, 3.63) is 28.8 Å². The van der Waals surface area contributed by atoms with Crippen molar-refractivity contribution in [2.45, 2.75) is 6.92 Å². The number of halogens is 1. The number of benzene rings is 1. The number of carbonyl (C=O) groups excluding carboxylic acids is 2. The Labute approximate surface area is 126 Å². The topological polar surface area (TPSA) is 98.7 Å². The van der Waals surface area contributed by atoms with Crippen molar-refractivity contribution in [3.63, 3.8) is 0 Å².